The highest BCUT2D eigenvalue weighted by molar-refractivity contribution is 5.21. The average Bonchev–Trinajstić information content (AvgIpc) is 2.32. The number of nitrogens with two attached hydrogens (primary N) is 1. The lowest BCUT2D eigenvalue weighted by molar-refractivity contribution is -0.0498. The second-order valence-corrected chi connectivity index (χ2v) is 4.89. The summed E-state index contributed by atoms with van der Waals surface area (Å²) in [6.45, 7) is 0. The van der Waals surface area contributed by atoms with Gasteiger partial charge in [-0.25, -0.2) is 13.2 Å². The maximum absolute atomic E-state index is 13.2. The van der Waals surface area contributed by atoms with Gasteiger partial charge in [0.1, 0.15) is 5.82 Å². The molecule has 5 heteroatoms. The van der Waals surface area contributed by atoms with E-state index in [9.17, 15) is 13.2 Å². The van der Waals surface area contributed by atoms with Gasteiger partial charge in [0.25, 0.3) is 0 Å². The van der Waals surface area contributed by atoms with Crippen LogP contribution in [-0.4, -0.2) is 5.92 Å². The van der Waals surface area contributed by atoms with Crippen molar-refractivity contribution < 1.29 is 13.2 Å². The van der Waals surface area contributed by atoms with E-state index >= 15 is 0 Å². The Labute approximate surface area is 104 Å². The van der Waals surface area contributed by atoms with Gasteiger partial charge < -0.3 is 0 Å². The van der Waals surface area contributed by atoms with Crippen molar-refractivity contribution in [3.05, 3.63) is 35.6 Å². The fraction of sp³-hybridized carbons (Fsp3) is 0.538. The van der Waals surface area contributed by atoms with Crippen molar-refractivity contribution >= 4 is 0 Å². The second kappa shape index (κ2) is 5.28. The number of hydrogen-bond donors (Lipinski definition) is 2. The molecule has 3 N–H and O–H groups in total. The van der Waals surface area contributed by atoms with Crippen molar-refractivity contribution in [1.29, 1.82) is 0 Å². The first-order chi connectivity index (χ1) is 8.52. The third-order valence-electron chi connectivity index (χ3n) is 3.62. The first-order valence-corrected chi connectivity index (χ1v) is 6.11. The monoisotopic (exact) mass is 258 g/mol. The molecule has 18 heavy (non-hydrogen) atoms. The van der Waals surface area contributed by atoms with Crippen molar-refractivity contribution in [3.8, 4) is 0 Å². The number of hydrazine groups is 1. The van der Waals surface area contributed by atoms with Crippen LogP contribution >= 0.6 is 0 Å². The summed E-state index contributed by atoms with van der Waals surface area (Å²) in [5.74, 6) is 2.62. The quantitative estimate of drug-likeness (QED) is 0.645. The fourth-order valence-electron chi connectivity index (χ4n) is 2.60. The molecule has 0 aromatic heterocycles. The highest BCUT2D eigenvalue weighted by Gasteiger charge is 2.37. The third kappa shape index (κ3) is 3.03. The Bertz CT molecular complexity index is 399. The lowest BCUT2D eigenvalue weighted by atomic mass is 9.80. The molecule has 1 atom stereocenters. The van der Waals surface area contributed by atoms with Crippen LogP contribution in [-0.2, 0) is 0 Å². The third-order valence-corrected chi connectivity index (χ3v) is 3.62. The Morgan fingerprint density at radius 2 is 1.94 bits per heavy atom. The summed E-state index contributed by atoms with van der Waals surface area (Å²) in [6.07, 6.45) is 0.563. The van der Waals surface area contributed by atoms with E-state index in [1.807, 2.05) is 0 Å². The van der Waals surface area contributed by atoms with Crippen LogP contribution in [0.4, 0.5) is 13.2 Å². The Kier molecular flexibility index (Phi) is 3.92. The Hall–Kier alpha value is -1.07. The Balaban J connectivity index is 2.10. The minimum absolute atomic E-state index is 0.0245. The first kappa shape index (κ1) is 13.4. The highest BCUT2D eigenvalue weighted by atomic mass is 19.3. The van der Waals surface area contributed by atoms with E-state index in [-0.39, 0.29) is 30.6 Å². The molecule has 1 aromatic carbocycles. The zero-order valence-corrected chi connectivity index (χ0v) is 10.0. The molecule has 1 aliphatic rings. The van der Waals surface area contributed by atoms with Crippen molar-refractivity contribution in [3.63, 3.8) is 0 Å². The Morgan fingerprint density at radius 3 is 2.50 bits per heavy atom. The molecule has 2 rings (SSSR count). The molecule has 0 heterocycles. The van der Waals surface area contributed by atoms with Gasteiger partial charge in [-0.3, -0.25) is 11.3 Å². The number of rotatable bonds is 3. The smallest absolute Gasteiger partial charge is 0.248 e. The molecule has 1 unspecified atom stereocenters. The summed E-state index contributed by atoms with van der Waals surface area (Å²) < 4.78 is 39.4. The summed E-state index contributed by atoms with van der Waals surface area (Å²) >= 11 is 0. The predicted octanol–water partition coefficient (Wildman–Crippen LogP) is 3.16. The van der Waals surface area contributed by atoms with Crippen molar-refractivity contribution in [2.45, 2.75) is 37.6 Å². The van der Waals surface area contributed by atoms with E-state index in [1.165, 1.54) is 12.1 Å². The van der Waals surface area contributed by atoms with Gasteiger partial charge in [-0.15, -0.1) is 0 Å². The first-order valence-electron chi connectivity index (χ1n) is 6.11. The van der Waals surface area contributed by atoms with Crippen molar-refractivity contribution in [1.82, 2.24) is 5.43 Å². The van der Waals surface area contributed by atoms with Gasteiger partial charge in [0.15, 0.2) is 0 Å². The van der Waals surface area contributed by atoms with Crippen LogP contribution in [0.15, 0.2) is 24.3 Å². The van der Waals surface area contributed by atoms with Crippen molar-refractivity contribution in [2.24, 2.45) is 11.8 Å². The predicted molar refractivity (Wildman–Crippen MR) is 63.4 cm³/mol. The number of benzene rings is 1. The van der Waals surface area contributed by atoms with Crippen LogP contribution < -0.4 is 11.3 Å². The molecule has 1 fully saturated rings. The minimum Gasteiger partial charge on any atom is -0.271 e. The van der Waals surface area contributed by atoms with Gasteiger partial charge in [-0.1, -0.05) is 12.1 Å². The topological polar surface area (TPSA) is 38.0 Å². The number of nitrogens with one attached hydrogen (secondary N) is 1. The molecule has 0 amide bonds. The van der Waals surface area contributed by atoms with Gasteiger partial charge in [-0.05, 0) is 36.5 Å². The van der Waals surface area contributed by atoms with Gasteiger partial charge in [0.2, 0.25) is 5.92 Å². The maximum atomic E-state index is 13.2. The van der Waals surface area contributed by atoms with E-state index in [4.69, 9.17) is 5.84 Å². The zero-order valence-electron chi connectivity index (χ0n) is 10.0. The van der Waals surface area contributed by atoms with E-state index in [0.29, 0.717) is 18.4 Å². The molecule has 1 aliphatic carbocycles. The highest BCUT2D eigenvalue weighted by Crippen LogP contribution is 2.41. The lowest BCUT2D eigenvalue weighted by Crippen LogP contribution is -2.37. The van der Waals surface area contributed by atoms with E-state index in [2.05, 4.69) is 5.43 Å². The molecular formula is C13H17F3N2. The lowest BCUT2D eigenvalue weighted by Gasteiger charge is -2.33. The van der Waals surface area contributed by atoms with Crippen LogP contribution in [0.1, 0.15) is 37.3 Å². The largest absolute Gasteiger partial charge is 0.271 e. The van der Waals surface area contributed by atoms with E-state index < -0.39 is 5.92 Å². The minimum atomic E-state index is -2.56. The fourth-order valence-corrected chi connectivity index (χ4v) is 2.60. The van der Waals surface area contributed by atoms with Crippen LogP contribution in [0.5, 0.6) is 0 Å². The molecule has 0 radical (unpaired) electrons. The number of hydrogen-bond acceptors (Lipinski definition) is 2. The average molecular weight is 258 g/mol. The normalized spacial score (nSPS) is 21.8. The molecule has 0 saturated heterocycles. The second-order valence-electron chi connectivity index (χ2n) is 4.89. The molecule has 100 valence electrons. The van der Waals surface area contributed by atoms with Gasteiger partial charge in [0, 0.05) is 18.9 Å². The molecule has 0 spiro atoms. The molecule has 1 saturated carbocycles. The molecule has 0 bridgehead atoms. The summed E-state index contributed by atoms with van der Waals surface area (Å²) in [5.41, 5.74) is 3.35. The standard InChI is InChI=1S/C13H17F3N2/c14-11-3-1-2-10(8-11)12(18-17)9-4-6-13(15,16)7-5-9/h1-3,8-9,12,18H,4-7,17H2. The van der Waals surface area contributed by atoms with E-state index in [1.54, 1.807) is 12.1 Å². The summed E-state index contributed by atoms with van der Waals surface area (Å²) in [6, 6.07) is 5.85. The van der Waals surface area contributed by atoms with E-state index in [0.717, 1.165) is 0 Å². The number of alkyl halides is 2. The SMILES string of the molecule is NNC(c1cccc(F)c1)C1CCC(F)(F)CC1. The summed E-state index contributed by atoms with van der Waals surface area (Å²) in [7, 11) is 0. The van der Waals surface area contributed by atoms with Crippen molar-refractivity contribution in [2.75, 3.05) is 0 Å². The number of halogens is 3. The molecular weight excluding hydrogens is 241 g/mol. The molecule has 1 aromatic rings. The van der Waals surface area contributed by atoms with Crippen LogP contribution in [0.3, 0.4) is 0 Å². The summed E-state index contributed by atoms with van der Waals surface area (Å²) in [4.78, 5) is 0. The van der Waals surface area contributed by atoms with Gasteiger partial charge in [0.05, 0.1) is 0 Å². The van der Waals surface area contributed by atoms with Gasteiger partial charge in [-0.2, -0.15) is 0 Å². The maximum Gasteiger partial charge on any atom is 0.248 e. The van der Waals surface area contributed by atoms with Crippen LogP contribution in [0, 0.1) is 11.7 Å². The zero-order chi connectivity index (χ0) is 13.2. The molecule has 2 nitrogen and oxygen atoms in total. The van der Waals surface area contributed by atoms with Crippen LogP contribution in [0.2, 0.25) is 0 Å². The van der Waals surface area contributed by atoms with Crippen LogP contribution in [0.25, 0.3) is 0 Å². The molecule has 0 aliphatic heterocycles. The Morgan fingerprint density at radius 1 is 1.28 bits per heavy atom. The summed E-state index contributed by atoms with van der Waals surface area (Å²) in [5, 5.41) is 0. The van der Waals surface area contributed by atoms with Gasteiger partial charge >= 0.3 is 0 Å².